The largest absolute Gasteiger partial charge is 0.481 e. The van der Waals surface area contributed by atoms with E-state index in [-0.39, 0.29) is 36.4 Å². The summed E-state index contributed by atoms with van der Waals surface area (Å²) in [6, 6.07) is 15.3. The van der Waals surface area contributed by atoms with E-state index in [9.17, 15) is 14.4 Å². The van der Waals surface area contributed by atoms with Crippen molar-refractivity contribution >= 4 is 23.8 Å². The van der Waals surface area contributed by atoms with Gasteiger partial charge in [0.05, 0.1) is 6.42 Å². The number of aromatic nitrogens is 2. The summed E-state index contributed by atoms with van der Waals surface area (Å²) in [5.41, 5.74) is 4.07. The van der Waals surface area contributed by atoms with Gasteiger partial charge >= 0.3 is 12.1 Å². The number of carbonyl (C=O) groups is 3. The summed E-state index contributed by atoms with van der Waals surface area (Å²) in [7, 11) is 0. The fraction of sp³-hybridized carbons (Fsp3) is 0.292. The molecule has 0 bridgehead atoms. The molecule has 1 aliphatic carbocycles. The molecule has 34 heavy (non-hydrogen) atoms. The summed E-state index contributed by atoms with van der Waals surface area (Å²) in [4.78, 5) is 36.1. The highest BCUT2D eigenvalue weighted by Crippen LogP contribution is 2.44. The number of hydrogen-bond donors (Lipinski definition) is 3. The van der Waals surface area contributed by atoms with Crippen LogP contribution in [0.2, 0.25) is 0 Å². The highest BCUT2D eigenvalue weighted by molar-refractivity contribution is 5.99. The molecule has 0 aliphatic heterocycles. The molecule has 0 radical (unpaired) electrons. The molecule has 0 spiro atoms. The number of fused-ring (bicyclic) bond motifs is 3. The van der Waals surface area contributed by atoms with Gasteiger partial charge in [-0.05, 0) is 38.5 Å². The normalized spacial score (nSPS) is 13.1. The minimum absolute atomic E-state index is 0.0840. The second-order valence-electron chi connectivity index (χ2n) is 8.33. The third-order valence-electron chi connectivity index (χ3n) is 5.78. The second-order valence-corrected chi connectivity index (χ2v) is 8.33. The smallest absolute Gasteiger partial charge is 0.412 e. The van der Waals surface area contributed by atoms with Gasteiger partial charge in [0, 0.05) is 12.0 Å². The molecule has 0 saturated heterocycles. The van der Waals surface area contributed by atoms with E-state index >= 15 is 0 Å². The van der Waals surface area contributed by atoms with Crippen LogP contribution >= 0.6 is 0 Å². The second kappa shape index (κ2) is 9.74. The summed E-state index contributed by atoms with van der Waals surface area (Å²) in [6.45, 7) is 3.65. The van der Waals surface area contributed by atoms with Crippen molar-refractivity contribution in [2.75, 3.05) is 11.9 Å². The highest BCUT2D eigenvalue weighted by atomic mass is 16.6. The highest BCUT2D eigenvalue weighted by Gasteiger charge is 2.30. The summed E-state index contributed by atoms with van der Waals surface area (Å²) >= 11 is 0. The number of benzene rings is 2. The maximum Gasteiger partial charge on any atom is 0.412 e. The number of carboxylic acids is 1. The molecule has 3 aromatic rings. The van der Waals surface area contributed by atoms with Gasteiger partial charge in [0.1, 0.15) is 6.61 Å². The number of hydrogen-bond acceptors (Lipinski definition) is 7. The lowest BCUT2D eigenvalue weighted by Gasteiger charge is -2.19. The molecule has 3 N–H and O–H groups in total. The lowest BCUT2D eigenvalue weighted by Crippen LogP contribution is -2.40. The SMILES string of the molecule is CC(C)C(CC(=O)O)NC(=O)c1nonc1NC(=O)OCC1c2ccccc2-c2ccccc21. The number of nitrogens with one attached hydrogen (secondary N) is 2. The third-order valence-corrected chi connectivity index (χ3v) is 5.78. The monoisotopic (exact) mass is 464 g/mol. The van der Waals surface area contributed by atoms with Crippen molar-refractivity contribution in [3.8, 4) is 11.1 Å². The van der Waals surface area contributed by atoms with E-state index in [0.29, 0.717) is 0 Å². The summed E-state index contributed by atoms with van der Waals surface area (Å²) < 4.78 is 10.1. The van der Waals surface area contributed by atoms with E-state index in [1.54, 1.807) is 13.8 Å². The number of carbonyl (C=O) groups excluding carboxylic acids is 2. The van der Waals surface area contributed by atoms with Crippen molar-refractivity contribution in [2.45, 2.75) is 32.2 Å². The molecule has 1 atom stereocenters. The molecule has 4 rings (SSSR count). The Kier molecular flexibility index (Phi) is 6.58. The van der Waals surface area contributed by atoms with Crippen molar-refractivity contribution in [1.82, 2.24) is 15.6 Å². The van der Waals surface area contributed by atoms with Crippen LogP contribution in [0, 0.1) is 5.92 Å². The third kappa shape index (κ3) is 4.75. The molecule has 2 aromatic carbocycles. The zero-order valence-corrected chi connectivity index (χ0v) is 18.6. The van der Waals surface area contributed by atoms with Crippen LogP contribution in [0.15, 0.2) is 53.2 Å². The summed E-state index contributed by atoms with van der Waals surface area (Å²) in [5.74, 6) is -2.24. The number of anilines is 1. The van der Waals surface area contributed by atoms with E-state index < -0.39 is 24.0 Å². The van der Waals surface area contributed by atoms with Gasteiger partial charge in [0.2, 0.25) is 11.5 Å². The van der Waals surface area contributed by atoms with Gasteiger partial charge in [-0.15, -0.1) is 0 Å². The first-order valence-corrected chi connectivity index (χ1v) is 10.8. The first-order valence-electron chi connectivity index (χ1n) is 10.8. The van der Waals surface area contributed by atoms with Gasteiger partial charge in [0.15, 0.2) is 0 Å². The molecule has 1 aliphatic rings. The minimum atomic E-state index is -1.05. The Labute approximate surface area is 195 Å². The minimum Gasteiger partial charge on any atom is -0.481 e. The van der Waals surface area contributed by atoms with Crippen molar-refractivity contribution in [3.63, 3.8) is 0 Å². The van der Waals surface area contributed by atoms with Gasteiger partial charge in [0.25, 0.3) is 5.91 Å². The van der Waals surface area contributed by atoms with Gasteiger partial charge < -0.3 is 15.2 Å². The van der Waals surface area contributed by atoms with Gasteiger partial charge in [-0.25, -0.2) is 9.42 Å². The first-order chi connectivity index (χ1) is 16.3. The van der Waals surface area contributed by atoms with E-state index in [0.717, 1.165) is 22.3 Å². The molecular formula is C24H24N4O6. The molecule has 1 unspecified atom stereocenters. The van der Waals surface area contributed by atoms with Gasteiger partial charge in [-0.2, -0.15) is 0 Å². The molecule has 1 aromatic heterocycles. The predicted molar refractivity (Wildman–Crippen MR) is 121 cm³/mol. The average Bonchev–Trinajstić information content (AvgIpc) is 3.39. The van der Waals surface area contributed by atoms with Crippen molar-refractivity contribution < 1.29 is 28.9 Å². The van der Waals surface area contributed by atoms with Gasteiger partial charge in [-0.3, -0.25) is 14.9 Å². The Morgan fingerprint density at radius 3 is 2.24 bits per heavy atom. The Balaban J connectivity index is 1.41. The van der Waals surface area contributed by atoms with Crippen LogP contribution < -0.4 is 10.6 Å². The van der Waals surface area contributed by atoms with E-state index in [2.05, 4.69) is 25.6 Å². The van der Waals surface area contributed by atoms with Crippen LogP contribution in [-0.2, 0) is 9.53 Å². The van der Waals surface area contributed by atoms with Crippen LogP contribution in [0.5, 0.6) is 0 Å². The standard InChI is InChI=1S/C24H24N4O6/c1-13(2)19(11-20(29)30)25-23(31)21-22(28-34-27-21)26-24(32)33-12-18-16-9-5-3-7-14(16)15-8-4-6-10-17(15)18/h3-10,13,18-19H,11-12H2,1-2H3,(H,25,31)(H,29,30)(H,26,28,32). The maximum atomic E-state index is 12.6. The average molecular weight is 464 g/mol. The molecule has 1 heterocycles. The van der Waals surface area contributed by atoms with Crippen LogP contribution in [0.25, 0.3) is 11.1 Å². The number of rotatable bonds is 8. The first kappa shape index (κ1) is 23.0. The molecule has 176 valence electrons. The quantitative estimate of drug-likeness (QED) is 0.458. The van der Waals surface area contributed by atoms with Crippen LogP contribution in [0.1, 0.15) is 47.8 Å². The van der Waals surface area contributed by atoms with Gasteiger partial charge in [-0.1, -0.05) is 62.4 Å². The Hall–Kier alpha value is -4.21. The molecule has 0 fully saturated rings. The van der Waals surface area contributed by atoms with E-state index in [1.165, 1.54) is 0 Å². The lowest BCUT2D eigenvalue weighted by atomic mass is 9.98. The number of carboxylic acid groups (broad SMARTS) is 1. The number of aliphatic carboxylic acids is 1. The van der Waals surface area contributed by atoms with Crippen molar-refractivity contribution in [3.05, 3.63) is 65.4 Å². The zero-order chi connectivity index (χ0) is 24.2. The Bertz CT molecular complexity index is 1180. The predicted octanol–water partition coefficient (Wildman–Crippen LogP) is 3.66. The summed E-state index contributed by atoms with van der Waals surface area (Å²) in [5, 5.41) is 21.1. The van der Waals surface area contributed by atoms with E-state index in [1.807, 2.05) is 48.5 Å². The molecule has 2 amide bonds. The Morgan fingerprint density at radius 2 is 1.65 bits per heavy atom. The van der Waals surface area contributed by atoms with Crippen LogP contribution in [-0.4, -0.2) is 46.0 Å². The number of amides is 2. The van der Waals surface area contributed by atoms with E-state index in [4.69, 9.17) is 9.84 Å². The summed E-state index contributed by atoms with van der Waals surface area (Å²) in [6.07, 6.45) is -1.08. The molecule has 0 saturated carbocycles. The number of ether oxygens (including phenoxy) is 1. The molecular weight excluding hydrogens is 440 g/mol. The fourth-order valence-corrected chi connectivity index (χ4v) is 4.03. The fourth-order valence-electron chi connectivity index (χ4n) is 4.03. The number of nitrogens with zero attached hydrogens (tertiary/aromatic N) is 2. The van der Waals surface area contributed by atoms with Crippen LogP contribution in [0.3, 0.4) is 0 Å². The van der Waals surface area contributed by atoms with Crippen molar-refractivity contribution in [2.24, 2.45) is 5.92 Å². The molecule has 10 nitrogen and oxygen atoms in total. The zero-order valence-electron chi connectivity index (χ0n) is 18.6. The molecule has 10 heteroatoms. The maximum absolute atomic E-state index is 12.6. The topological polar surface area (TPSA) is 144 Å². The van der Waals surface area contributed by atoms with Crippen molar-refractivity contribution in [1.29, 1.82) is 0 Å². The Morgan fingerprint density at radius 1 is 1.03 bits per heavy atom. The lowest BCUT2D eigenvalue weighted by molar-refractivity contribution is -0.137. The van der Waals surface area contributed by atoms with Crippen LogP contribution in [0.4, 0.5) is 10.6 Å².